The minimum absolute atomic E-state index is 0.00936. The first-order valence-electron chi connectivity index (χ1n) is 7.46. The number of hydrogen-bond acceptors (Lipinski definition) is 2. The maximum Gasteiger partial charge on any atom is 0.224 e. The quantitative estimate of drug-likeness (QED) is 0.824. The number of aliphatic hydroxyl groups excluding tert-OH is 1. The molecule has 2 aromatic rings. The van der Waals surface area contributed by atoms with Crippen molar-refractivity contribution in [3.8, 4) is 0 Å². The number of amides is 1. The zero-order valence-corrected chi connectivity index (χ0v) is 12.6. The average molecular weight is 319 g/mol. The number of nitrogens with one attached hydrogen (secondary N) is 1. The highest BCUT2D eigenvalue weighted by atomic mass is 19.2. The lowest BCUT2D eigenvalue weighted by Crippen LogP contribution is -2.30. The fourth-order valence-electron chi connectivity index (χ4n) is 2.40. The van der Waals surface area contributed by atoms with E-state index in [4.69, 9.17) is 5.11 Å². The van der Waals surface area contributed by atoms with E-state index in [9.17, 15) is 13.6 Å². The van der Waals surface area contributed by atoms with Crippen LogP contribution in [0.2, 0.25) is 0 Å². The molecule has 0 radical (unpaired) electrons. The highest BCUT2D eigenvalue weighted by Crippen LogP contribution is 2.18. The van der Waals surface area contributed by atoms with Gasteiger partial charge in [-0.05, 0) is 29.7 Å². The Morgan fingerprint density at radius 1 is 1.09 bits per heavy atom. The van der Waals surface area contributed by atoms with Gasteiger partial charge in [-0.3, -0.25) is 4.79 Å². The minimum Gasteiger partial charge on any atom is -0.396 e. The second-order valence-corrected chi connectivity index (χ2v) is 5.35. The van der Waals surface area contributed by atoms with E-state index in [1.54, 1.807) is 0 Å². The third-order valence-electron chi connectivity index (χ3n) is 3.64. The number of carbonyl (C=O) groups is 1. The van der Waals surface area contributed by atoms with E-state index in [0.717, 1.165) is 17.7 Å². The molecule has 2 N–H and O–H groups in total. The molecule has 3 nitrogen and oxygen atoms in total. The maximum absolute atomic E-state index is 13.1. The number of rotatable bonds is 7. The summed E-state index contributed by atoms with van der Waals surface area (Å²) in [7, 11) is 0. The molecular formula is C18H19F2NO2. The Morgan fingerprint density at radius 3 is 2.48 bits per heavy atom. The molecule has 1 atom stereocenters. The van der Waals surface area contributed by atoms with Crippen molar-refractivity contribution < 1.29 is 18.7 Å². The van der Waals surface area contributed by atoms with Crippen LogP contribution in [0.25, 0.3) is 0 Å². The lowest BCUT2D eigenvalue weighted by molar-refractivity contribution is -0.120. The van der Waals surface area contributed by atoms with Crippen molar-refractivity contribution in [1.29, 1.82) is 0 Å². The van der Waals surface area contributed by atoms with Gasteiger partial charge in [-0.15, -0.1) is 0 Å². The van der Waals surface area contributed by atoms with Crippen molar-refractivity contribution in [2.45, 2.75) is 18.8 Å². The van der Waals surface area contributed by atoms with Crippen LogP contribution in [0.5, 0.6) is 0 Å². The highest BCUT2D eigenvalue weighted by molar-refractivity contribution is 5.78. The van der Waals surface area contributed by atoms with Gasteiger partial charge in [0.1, 0.15) is 0 Å². The molecule has 0 fully saturated rings. The monoisotopic (exact) mass is 319 g/mol. The van der Waals surface area contributed by atoms with Crippen molar-refractivity contribution in [1.82, 2.24) is 5.32 Å². The van der Waals surface area contributed by atoms with Gasteiger partial charge in [0.2, 0.25) is 5.91 Å². The van der Waals surface area contributed by atoms with Gasteiger partial charge in [0.25, 0.3) is 0 Å². The first-order chi connectivity index (χ1) is 11.1. The fraction of sp³-hybridized carbons (Fsp3) is 0.278. The third kappa shape index (κ3) is 5.14. The molecule has 2 rings (SSSR count). The predicted molar refractivity (Wildman–Crippen MR) is 84.0 cm³/mol. The summed E-state index contributed by atoms with van der Waals surface area (Å²) in [4.78, 5) is 12.0. The van der Waals surface area contributed by atoms with Crippen LogP contribution in [0.3, 0.4) is 0 Å². The van der Waals surface area contributed by atoms with Crippen molar-refractivity contribution in [2.24, 2.45) is 0 Å². The van der Waals surface area contributed by atoms with Crippen molar-refractivity contribution >= 4 is 5.91 Å². The summed E-state index contributed by atoms with van der Waals surface area (Å²) in [6, 6.07) is 13.0. The molecule has 5 heteroatoms. The molecule has 1 amide bonds. The second kappa shape index (κ2) is 8.39. The molecule has 0 saturated heterocycles. The molecule has 0 aromatic heterocycles. The van der Waals surface area contributed by atoms with Crippen LogP contribution in [0.1, 0.15) is 23.5 Å². The Bertz CT molecular complexity index is 647. The number of hydrogen-bond donors (Lipinski definition) is 2. The van der Waals surface area contributed by atoms with Crippen LogP contribution in [0.15, 0.2) is 48.5 Å². The molecular weight excluding hydrogens is 300 g/mol. The van der Waals surface area contributed by atoms with Gasteiger partial charge in [-0.1, -0.05) is 36.4 Å². The number of benzene rings is 2. The van der Waals surface area contributed by atoms with E-state index in [1.165, 1.54) is 6.07 Å². The normalized spacial score (nSPS) is 12.0. The lowest BCUT2D eigenvalue weighted by Gasteiger charge is -2.17. The van der Waals surface area contributed by atoms with E-state index in [0.29, 0.717) is 18.5 Å². The molecule has 0 aliphatic heterocycles. The van der Waals surface area contributed by atoms with Gasteiger partial charge in [0, 0.05) is 19.1 Å². The first-order valence-corrected chi connectivity index (χ1v) is 7.46. The number of aliphatic hydroxyl groups is 1. The number of halogens is 2. The van der Waals surface area contributed by atoms with E-state index in [1.807, 2.05) is 30.3 Å². The van der Waals surface area contributed by atoms with Crippen LogP contribution < -0.4 is 5.32 Å². The molecule has 2 aromatic carbocycles. The summed E-state index contributed by atoms with van der Waals surface area (Å²) in [5, 5.41) is 11.9. The van der Waals surface area contributed by atoms with E-state index < -0.39 is 11.6 Å². The molecule has 0 aliphatic carbocycles. The Balaban J connectivity index is 1.92. The Labute approximate surface area is 134 Å². The van der Waals surface area contributed by atoms with E-state index in [2.05, 4.69) is 5.32 Å². The first kappa shape index (κ1) is 17.1. The predicted octanol–water partition coefficient (Wildman–Crippen LogP) is 2.79. The van der Waals surface area contributed by atoms with Crippen LogP contribution in [-0.4, -0.2) is 24.2 Å². The van der Waals surface area contributed by atoms with Crippen LogP contribution in [-0.2, 0) is 11.2 Å². The van der Waals surface area contributed by atoms with Gasteiger partial charge in [0.15, 0.2) is 11.6 Å². The van der Waals surface area contributed by atoms with Gasteiger partial charge in [-0.25, -0.2) is 8.78 Å². The third-order valence-corrected chi connectivity index (χ3v) is 3.64. The summed E-state index contributed by atoms with van der Waals surface area (Å²) in [5.74, 6) is -2.15. The summed E-state index contributed by atoms with van der Waals surface area (Å²) < 4.78 is 26.0. The van der Waals surface area contributed by atoms with E-state index >= 15 is 0 Å². The molecule has 1 unspecified atom stereocenters. The Hall–Kier alpha value is -2.27. The van der Waals surface area contributed by atoms with Crippen LogP contribution in [0, 0.1) is 11.6 Å². The van der Waals surface area contributed by atoms with E-state index in [-0.39, 0.29) is 24.9 Å². The fourth-order valence-corrected chi connectivity index (χ4v) is 2.40. The zero-order valence-electron chi connectivity index (χ0n) is 12.6. The summed E-state index contributed by atoms with van der Waals surface area (Å²) >= 11 is 0. The molecule has 122 valence electrons. The molecule has 0 heterocycles. The van der Waals surface area contributed by atoms with Gasteiger partial charge in [-0.2, -0.15) is 0 Å². The molecule has 0 bridgehead atoms. The number of carbonyl (C=O) groups excluding carboxylic acids is 1. The molecule has 0 aliphatic rings. The van der Waals surface area contributed by atoms with Crippen molar-refractivity contribution in [3.63, 3.8) is 0 Å². The lowest BCUT2D eigenvalue weighted by atomic mass is 9.96. The molecule has 0 saturated carbocycles. The second-order valence-electron chi connectivity index (χ2n) is 5.35. The average Bonchev–Trinajstić information content (AvgIpc) is 2.56. The van der Waals surface area contributed by atoms with Crippen LogP contribution in [0.4, 0.5) is 8.78 Å². The largest absolute Gasteiger partial charge is 0.396 e. The Kier molecular flexibility index (Phi) is 6.23. The smallest absolute Gasteiger partial charge is 0.224 e. The maximum atomic E-state index is 13.1. The van der Waals surface area contributed by atoms with Crippen LogP contribution >= 0.6 is 0 Å². The Morgan fingerprint density at radius 2 is 1.83 bits per heavy atom. The van der Waals surface area contributed by atoms with Crippen molar-refractivity contribution in [2.75, 3.05) is 13.2 Å². The standard InChI is InChI=1S/C18H19F2NO2/c19-16-7-6-13(10-17(16)20)11-18(23)21-12-15(8-9-22)14-4-2-1-3-5-14/h1-7,10,15,22H,8-9,11-12H2,(H,21,23). The zero-order chi connectivity index (χ0) is 16.7. The minimum atomic E-state index is -0.960. The molecule has 0 spiro atoms. The topological polar surface area (TPSA) is 49.3 Å². The summed E-state index contributed by atoms with van der Waals surface area (Å²) in [5.41, 5.74) is 1.45. The highest BCUT2D eigenvalue weighted by Gasteiger charge is 2.13. The molecule has 23 heavy (non-hydrogen) atoms. The van der Waals surface area contributed by atoms with Gasteiger partial charge >= 0.3 is 0 Å². The van der Waals surface area contributed by atoms with Gasteiger partial charge < -0.3 is 10.4 Å². The SMILES string of the molecule is O=C(Cc1ccc(F)c(F)c1)NCC(CCO)c1ccccc1. The van der Waals surface area contributed by atoms with Crippen molar-refractivity contribution in [3.05, 3.63) is 71.3 Å². The van der Waals surface area contributed by atoms with Gasteiger partial charge in [0.05, 0.1) is 6.42 Å². The summed E-state index contributed by atoms with van der Waals surface area (Å²) in [6.45, 7) is 0.408. The summed E-state index contributed by atoms with van der Waals surface area (Å²) in [6.07, 6.45) is 0.521.